The lowest BCUT2D eigenvalue weighted by Crippen LogP contribution is -2.22. The summed E-state index contributed by atoms with van der Waals surface area (Å²) in [5.74, 6) is 0.157. The molecule has 0 aliphatic carbocycles. The Morgan fingerprint density at radius 2 is 1.61 bits per heavy atom. The number of anilines is 2. The Hall–Kier alpha value is -3.34. The van der Waals surface area contributed by atoms with Gasteiger partial charge in [0.1, 0.15) is 11.6 Å². The Labute approximate surface area is 164 Å². The van der Waals surface area contributed by atoms with Gasteiger partial charge in [-0.25, -0.2) is 4.39 Å². The van der Waals surface area contributed by atoms with E-state index < -0.39 is 0 Å². The standard InChI is InChI=1S/C23H23FN2O2/c24-19-12-14-20(15-13-19)26-23(27)17-25-21-10-4-5-11-22(21)28-16-6-9-18-7-2-1-3-8-18/h1-5,7-8,10-15,25H,6,9,16-17H2,(H,26,27). The van der Waals surface area contributed by atoms with Crippen LogP contribution in [0, 0.1) is 5.82 Å². The molecule has 0 saturated heterocycles. The molecule has 3 aromatic carbocycles. The monoisotopic (exact) mass is 378 g/mol. The number of benzene rings is 3. The van der Waals surface area contributed by atoms with Crippen molar-refractivity contribution in [3.05, 3.63) is 90.2 Å². The quantitative estimate of drug-likeness (QED) is 0.521. The number of amides is 1. The predicted octanol–water partition coefficient (Wildman–Crippen LogP) is 4.89. The fourth-order valence-corrected chi connectivity index (χ4v) is 2.76. The third-order valence-electron chi connectivity index (χ3n) is 4.16. The zero-order valence-corrected chi connectivity index (χ0v) is 15.5. The highest BCUT2D eigenvalue weighted by molar-refractivity contribution is 5.93. The van der Waals surface area contributed by atoms with Crippen LogP contribution in [0.25, 0.3) is 0 Å². The van der Waals surface area contributed by atoms with E-state index in [1.807, 2.05) is 42.5 Å². The van der Waals surface area contributed by atoms with Crippen LogP contribution in [0.15, 0.2) is 78.9 Å². The first kappa shape index (κ1) is 19.4. The first-order chi connectivity index (χ1) is 13.7. The van der Waals surface area contributed by atoms with Crippen LogP contribution in [0.2, 0.25) is 0 Å². The van der Waals surface area contributed by atoms with Gasteiger partial charge < -0.3 is 15.4 Å². The maximum Gasteiger partial charge on any atom is 0.243 e. The highest BCUT2D eigenvalue weighted by atomic mass is 19.1. The smallest absolute Gasteiger partial charge is 0.243 e. The van der Waals surface area contributed by atoms with Crippen molar-refractivity contribution in [2.24, 2.45) is 0 Å². The normalized spacial score (nSPS) is 10.3. The Balaban J connectivity index is 1.46. The average Bonchev–Trinajstić information content (AvgIpc) is 2.73. The van der Waals surface area contributed by atoms with Gasteiger partial charge in [0.2, 0.25) is 5.91 Å². The molecule has 0 unspecified atom stereocenters. The van der Waals surface area contributed by atoms with E-state index in [-0.39, 0.29) is 18.3 Å². The van der Waals surface area contributed by atoms with Crippen molar-refractivity contribution in [1.82, 2.24) is 0 Å². The minimum absolute atomic E-state index is 0.0851. The molecule has 0 bridgehead atoms. The van der Waals surface area contributed by atoms with E-state index in [0.717, 1.165) is 18.5 Å². The van der Waals surface area contributed by atoms with Gasteiger partial charge in [-0.3, -0.25) is 4.79 Å². The molecule has 0 heterocycles. The van der Waals surface area contributed by atoms with Gasteiger partial charge in [-0.2, -0.15) is 0 Å². The van der Waals surface area contributed by atoms with E-state index in [2.05, 4.69) is 22.8 Å². The summed E-state index contributed by atoms with van der Waals surface area (Å²) in [5.41, 5.74) is 2.60. The number of rotatable bonds is 9. The number of para-hydroxylation sites is 2. The second-order valence-electron chi connectivity index (χ2n) is 6.34. The number of aryl methyl sites for hydroxylation is 1. The Morgan fingerprint density at radius 3 is 2.39 bits per heavy atom. The Bertz CT molecular complexity index is 883. The molecule has 2 N–H and O–H groups in total. The number of carbonyl (C=O) groups excluding carboxylic acids is 1. The summed E-state index contributed by atoms with van der Waals surface area (Å²) in [5, 5.41) is 5.81. The average molecular weight is 378 g/mol. The van der Waals surface area contributed by atoms with E-state index in [1.165, 1.54) is 29.8 Å². The van der Waals surface area contributed by atoms with E-state index in [4.69, 9.17) is 4.74 Å². The molecule has 5 heteroatoms. The number of hydrogen-bond donors (Lipinski definition) is 2. The van der Waals surface area contributed by atoms with Crippen LogP contribution in [0.5, 0.6) is 5.75 Å². The van der Waals surface area contributed by atoms with Crippen molar-refractivity contribution in [2.45, 2.75) is 12.8 Å². The zero-order valence-electron chi connectivity index (χ0n) is 15.5. The molecule has 1 amide bonds. The van der Waals surface area contributed by atoms with Gasteiger partial charge in [0.15, 0.2) is 0 Å². The van der Waals surface area contributed by atoms with Crippen molar-refractivity contribution < 1.29 is 13.9 Å². The summed E-state index contributed by atoms with van der Waals surface area (Å²) in [6.45, 7) is 0.678. The number of hydrogen-bond acceptors (Lipinski definition) is 3. The summed E-state index contributed by atoms with van der Waals surface area (Å²) >= 11 is 0. The van der Waals surface area contributed by atoms with Gasteiger partial charge in [-0.1, -0.05) is 42.5 Å². The van der Waals surface area contributed by atoms with Gasteiger partial charge in [0, 0.05) is 5.69 Å². The van der Waals surface area contributed by atoms with Gasteiger partial charge in [-0.15, -0.1) is 0 Å². The zero-order chi connectivity index (χ0) is 19.6. The molecule has 0 aliphatic heterocycles. The topological polar surface area (TPSA) is 50.4 Å². The number of halogens is 1. The molecule has 3 aromatic rings. The largest absolute Gasteiger partial charge is 0.491 e. The maximum atomic E-state index is 12.9. The molecule has 4 nitrogen and oxygen atoms in total. The Kier molecular flexibility index (Phi) is 7.01. The van der Waals surface area contributed by atoms with Crippen LogP contribution in [0.3, 0.4) is 0 Å². The fourth-order valence-electron chi connectivity index (χ4n) is 2.76. The third-order valence-corrected chi connectivity index (χ3v) is 4.16. The van der Waals surface area contributed by atoms with Crippen LogP contribution >= 0.6 is 0 Å². The summed E-state index contributed by atoms with van der Waals surface area (Å²) in [4.78, 5) is 12.1. The molecule has 0 atom stereocenters. The highest BCUT2D eigenvalue weighted by Crippen LogP contribution is 2.23. The van der Waals surface area contributed by atoms with E-state index >= 15 is 0 Å². The molecule has 144 valence electrons. The minimum atomic E-state index is -0.338. The fraction of sp³-hybridized carbons (Fsp3) is 0.174. The van der Waals surface area contributed by atoms with E-state index in [9.17, 15) is 9.18 Å². The molecule has 0 fully saturated rings. The molecule has 0 aliphatic rings. The summed E-state index contributed by atoms with van der Waals surface area (Å²) < 4.78 is 18.8. The second-order valence-corrected chi connectivity index (χ2v) is 6.34. The van der Waals surface area contributed by atoms with Crippen molar-refractivity contribution >= 4 is 17.3 Å². The van der Waals surface area contributed by atoms with Crippen LogP contribution < -0.4 is 15.4 Å². The Morgan fingerprint density at radius 1 is 0.893 bits per heavy atom. The van der Waals surface area contributed by atoms with Crippen molar-refractivity contribution in [1.29, 1.82) is 0 Å². The molecular weight excluding hydrogens is 355 g/mol. The molecule has 3 rings (SSSR count). The molecule has 0 saturated carbocycles. The van der Waals surface area contributed by atoms with Gasteiger partial charge in [0.25, 0.3) is 0 Å². The van der Waals surface area contributed by atoms with Gasteiger partial charge in [-0.05, 0) is 54.8 Å². The highest BCUT2D eigenvalue weighted by Gasteiger charge is 2.06. The molecule has 0 spiro atoms. The van der Waals surface area contributed by atoms with Crippen molar-refractivity contribution in [2.75, 3.05) is 23.8 Å². The summed E-state index contributed by atoms with van der Waals surface area (Å²) in [7, 11) is 0. The molecule has 0 radical (unpaired) electrons. The summed E-state index contributed by atoms with van der Waals surface area (Å²) in [6.07, 6.45) is 1.86. The molecule has 28 heavy (non-hydrogen) atoms. The van der Waals surface area contributed by atoms with Crippen LogP contribution in [0.4, 0.5) is 15.8 Å². The SMILES string of the molecule is O=C(CNc1ccccc1OCCCc1ccccc1)Nc1ccc(F)cc1. The first-order valence-electron chi connectivity index (χ1n) is 9.26. The third kappa shape index (κ3) is 6.13. The lowest BCUT2D eigenvalue weighted by molar-refractivity contribution is -0.114. The second kappa shape index (κ2) is 10.1. The number of ether oxygens (including phenoxy) is 1. The van der Waals surface area contributed by atoms with Gasteiger partial charge >= 0.3 is 0 Å². The van der Waals surface area contributed by atoms with E-state index in [1.54, 1.807) is 0 Å². The molecular formula is C23H23FN2O2. The van der Waals surface area contributed by atoms with Gasteiger partial charge in [0.05, 0.1) is 18.8 Å². The maximum absolute atomic E-state index is 12.9. The first-order valence-corrected chi connectivity index (χ1v) is 9.26. The lowest BCUT2D eigenvalue weighted by Gasteiger charge is -2.13. The van der Waals surface area contributed by atoms with Crippen molar-refractivity contribution in [3.8, 4) is 5.75 Å². The number of carbonyl (C=O) groups is 1. The van der Waals surface area contributed by atoms with Crippen LogP contribution in [-0.2, 0) is 11.2 Å². The van der Waals surface area contributed by atoms with Crippen molar-refractivity contribution in [3.63, 3.8) is 0 Å². The summed E-state index contributed by atoms with van der Waals surface area (Å²) in [6, 6.07) is 23.5. The minimum Gasteiger partial charge on any atom is -0.491 e. The number of nitrogens with one attached hydrogen (secondary N) is 2. The lowest BCUT2D eigenvalue weighted by atomic mass is 10.1. The van der Waals surface area contributed by atoms with E-state index in [0.29, 0.717) is 18.0 Å². The van der Waals surface area contributed by atoms with Crippen LogP contribution in [-0.4, -0.2) is 19.1 Å². The predicted molar refractivity (Wildman–Crippen MR) is 110 cm³/mol. The van der Waals surface area contributed by atoms with Crippen LogP contribution in [0.1, 0.15) is 12.0 Å². The molecule has 0 aromatic heterocycles.